The van der Waals surface area contributed by atoms with Crippen molar-refractivity contribution in [2.45, 2.75) is 13.5 Å². The van der Waals surface area contributed by atoms with Crippen molar-refractivity contribution in [3.8, 4) is 28.4 Å². The molecule has 3 aromatic heterocycles. The van der Waals surface area contributed by atoms with Crippen LogP contribution in [0.4, 0.5) is 10.1 Å². The number of hydrogen-bond donors (Lipinski definition) is 2. The number of nitrogens with one attached hydrogen (secondary N) is 2. The Kier molecular flexibility index (Phi) is 7.52. The molecule has 0 aliphatic rings. The van der Waals surface area contributed by atoms with Crippen LogP contribution in [0.2, 0.25) is 0 Å². The maximum atomic E-state index is 13.5. The average molecular weight is 541 g/mol. The van der Waals surface area contributed by atoms with Crippen molar-refractivity contribution in [1.82, 2.24) is 15.0 Å². The number of benzene rings is 2. The summed E-state index contributed by atoms with van der Waals surface area (Å²) in [4.78, 5) is 38.7. The first-order chi connectivity index (χ1) is 19.4. The lowest BCUT2D eigenvalue weighted by Crippen LogP contribution is -2.27. The number of methoxy groups -OCH3 is 2. The van der Waals surface area contributed by atoms with Crippen LogP contribution in [0.25, 0.3) is 22.2 Å². The van der Waals surface area contributed by atoms with E-state index in [1.807, 2.05) is 0 Å². The molecule has 5 aromatic rings. The molecule has 2 N–H and O–H groups in total. The van der Waals surface area contributed by atoms with Gasteiger partial charge in [0.05, 0.1) is 31.1 Å². The molecule has 1 amide bonds. The molecular weight excluding hydrogens is 515 g/mol. The molecule has 0 saturated heterocycles. The van der Waals surface area contributed by atoms with Crippen LogP contribution in [-0.4, -0.2) is 35.1 Å². The number of aromatic amines is 1. The van der Waals surface area contributed by atoms with Crippen LogP contribution in [0.3, 0.4) is 0 Å². The van der Waals surface area contributed by atoms with Crippen LogP contribution in [0.15, 0.2) is 77.9 Å². The number of aromatic nitrogens is 3. The third-order valence-corrected chi connectivity index (χ3v) is 6.21. The summed E-state index contributed by atoms with van der Waals surface area (Å²) in [5.74, 6) is 0.572. The van der Waals surface area contributed by atoms with Crippen molar-refractivity contribution < 1.29 is 23.4 Å². The fourth-order valence-corrected chi connectivity index (χ4v) is 4.35. The van der Waals surface area contributed by atoms with Crippen molar-refractivity contribution in [2.24, 2.45) is 0 Å². The van der Waals surface area contributed by atoms with Gasteiger partial charge in [-0.15, -0.1) is 0 Å². The Labute approximate surface area is 228 Å². The van der Waals surface area contributed by atoms with Gasteiger partial charge in [0, 0.05) is 42.4 Å². The van der Waals surface area contributed by atoms with Gasteiger partial charge < -0.3 is 24.5 Å². The molecule has 0 aliphatic heterocycles. The molecule has 202 valence electrons. The van der Waals surface area contributed by atoms with Gasteiger partial charge in [-0.3, -0.25) is 14.6 Å². The van der Waals surface area contributed by atoms with Crippen LogP contribution in [0, 0.1) is 12.7 Å². The number of halogens is 1. The maximum Gasteiger partial charge on any atom is 0.261 e. The van der Waals surface area contributed by atoms with Gasteiger partial charge in [0.2, 0.25) is 5.43 Å². The third-order valence-electron chi connectivity index (χ3n) is 6.21. The SMILES string of the molecule is COCc1[nH]c(C)c(-c2ccc(F)cc2)c(=O)c1C(=O)Nc1ccc(Oc2ccnc3cc(OC)cnc23)cc1. The molecule has 0 bridgehead atoms. The molecule has 2 aromatic carbocycles. The normalized spacial score (nSPS) is 10.9. The maximum absolute atomic E-state index is 13.5. The number of anilines is 1. The first-order valence-corrected chi connectivity index (χ1v) is 12.3. The van der Waals surface area contributed by atoms with Crippen molar-refractivity contribution in [2.75, 3.05) is 19.5 Å². The predicted octanol–water partition coefficient (Wildman–Crippen LogP) is 5.63. The Morgan fingerprint density at radius 1 is 1.00 bits per heavy atom. The van der Waals surface area contributed by atoms with Crippen LogP contribution < -0.4 is 20.2 Å². The van der Waals surface area contributed by atoms with E-state index in [1.165, 1.54) is 31.4 Å². The van der Waals surface area contributed by atoms with Crippen molar-refractivity contribution in [3.05, 3.63) is 106 Å². The second-order valence-corrected chi connectivity index (χ2v) is 8.88. The number of fused-ring (bicyclic) bond motifs is 1. The van der Waals surface area contributed by atoms with Crippen LogP contribution >= 0.6 is 0 Å². The number of pyridine rings is 3. The minimum absolute atomic E-state index is 0.0229. The second kappa shape index (κ2) is 11.3. The van der Waals surface area contributed by atoms with E-state index >= 15 is 0 Å². The number of carbonyl (C=O) groups excluding carboxylic acids is 1. The number of aryl methyl sites for hydroxylation is 1. The summed E-state index contributed by atoms with van der Waals surface area (Å²) < 4.78 is 29.9. The fourth-order valence-electron chi connectivity index (χ4n) is 4.35. The third kappa shape index (κ3) is 5.38. The Bertz CT molecular complexity index is 1750. The average Bonchev–Trinajstić information content (AvgIpc) is 2.95. The first kappa shape index (κ1) is 26.5. The van der Waals surface area contributed by atoms with Gasteiger partial charge in [0.25, 0.3) is 5.91 Å². The highest BCUT2D eigenvalue weighted by Crippen LogP contribution is 2.30. The minimum Gasteiger partial charge on any atom is -0.495 e. The van der Waals surface area contributed by atoms with Gasteiger partial charge in [-0.1, -0.05) is 12.1 Å². The molecule has 3 heterocycles. The van der Waals surface area contributed by atoms with E-state index in [2.05, 4.69) is 20.3 Å². The summed E-state index contributed by atoms with van der Waals surface area (Å²) >= 11 is 0. The molecule has 0 aliphatic carbocycles. The summed E-state index contributed by atoms with van der Waals surface area (Å²) in [5, 5.41) is 2.77. The molecule has 0 radical (unpaired) electrons. The van der Waals surface area contributed by atoms with Gasteiger partial charge in [0.15, 0.2) is 5.75 Å². The first-order valence-electron chi connectivity index (χ1n) is 12.3. The summed E-state index contributed by atoms with van der Waals surface area (Å²) in [7, 11) is 3.03. The Morgan fingerprint density at radius 3 is 2.45 bits per heavy atom. The Hall–Kier alpha value is -5.09. The van der Waals surface area contributed by atoms with Gasteiger partial charge in [0.1, 0.15) is 28.4 Å². The summed E-state index contributed by atoms with van der Waals surface area (Å²) in [6.45, 7) is 1.74. The Morgan fingerprint density at radius 2 is 1.75 bits per heavy atom. The Balaban J connectivity index is 1.40. The van der Waals surface area contributed by atoms with E-state index in [4.69, 9.17) is 14.2 Å². The molecule has 5 rings (SSSR count). The molecule has 0 atom stereocenters. The second-order valence-electron chi connectivity index (χ2n) is 8.88. The van der Waals surface area contributed by atoms with Crippen LogP contribution in [-0.2, 0) is 11.3 Å². The van der Waals surface area contributed by atoms with E-state index in [9.17, 15) is 14.0 Å². The predicted molar refractivity (Wildman–Crippen MR) is 148 cm³/mol. The number of hydrogen-bond acceptors (Lipinski definition) is 7. The van der Waals surface area contributed by atoms with Crippen LogP contribution in [0.5, 0.6) is 17.2 Å². The fraction of sp³-hybridized carbons (Fsp3) is 0.133. The van der Waals surface area contributed by atoms with Crippen molar-refractivity contribution >= 4 is 22.6 Å². The molecule has 0 unspecified atom stereocenters. The quantitative estimate of drug-likeness (QED) is 0.262. The molecule has 0 saturated carbocycles. The summed E-state index contributed by atoms with van der Waals surface area (Å²) in [6, 6.07) is 15.7. The summed E-state index contributed by atoms with van der Waals surface area (Å²) in [5.41, 5.74) is 2.73. The number of nitrogens with zero attached hydrogens (tertiary/aromatic N) is 2. The van der Waals surface area contributed by atoms with E-state index < -0.39 is 17.2 Å². The number of rotatable bonds is 8. The standard InChI is InChI=1S/C30H25FN4O5/c1-17-26(18-4-6-19(31)7-5-18)29(36)27(24(34-17)16-38-2)30(37)35-20-8-10-21(11-9-20)40-25-12-13-32-23-14-22(39-3)15-33-28(23)25/h4-15H,16H2,1-3H3,(H,34,36)(H,35,37). The van der Waals surface area contributed by atoms with Gasteiger partial charge >= 0.3 is 0 Å². The lowest BCUT2D eigenvalue weighted by Gasteiger charge is -2.14. The topological polar surface area (TPSA) is 115 Å². The number of carbonyl (C=O) groups is 1. The van der Waals surface area contributed by atoms with Crippen molar-refractivity contribution in [1.29, 1.82) is 0 Å². The van der Waals surface area contributed by atoms with E-state index in [-0.39, 0.29) is 17.7 Å². The molecular formula is C30H25FN4O5. The number of ether oxygens (including phenoxy) is 3. The monoisotopic (exact) mass is 540 g/mol. The van der Waals surface area contributed by atoms with E-state index in [0.29, 0.717) is 50.9 Å². The molecule has 9 nitrogen and oxygen atoms in total. The number of H-pyrrole nitrogens is 1. The summed E-state index contributed by atoms with van der Waals surface area (Å²) in [6.07, 6.45) is 3.20. The molecule has 40 heavy (non-hydrogen) atoms. The van der Waals surface area contributed by atoms with E-state index in [0.717, 1.165) is 0 Å². The van der Waals surface area contributed by atoms with Gasteiger partial charge in [-0.2, -0.15) is 0 Å². The van der Waals surface area contributed by atoms with Crippen LogP contribution in [0.1, 0.15) is 21.7 Å². The zero-order chi connectivity index (χ0) is 28.2. The lowest BCUT2D eigenvalue weighted by molar-refractivity contribution is 0.102. The smallest absolute Gasteiger partial charge is 0.261 e. The molecule has 0 fully saturated rings. The minimum atomic E-state index is -0.608. The highest BCUT2D eigenvalue weighted by molar-refractivity contribution is 6.05. The molecule has 10 heteroatoms. The number of amides is 1. The zero-order valence-corrected chi connectivity index (χ0v) is 21.9. The van der Waals surface area contributed by atoms with Crippen molar-refractivity contribution in [3.63, 3.8) is 0 Å². The molecule has 0 spiro atoms. The van der Waals surface area contributed by atoms with E-state index in [1.54, 1.807) is 62.8 Å². The largest absolute Gasteiger partial charge is 0.495 e. The van der Waals surface area contributed by atoms with Gasteiger partial charge in [-0.25, -0.2) is 9.37 Å². The van der Waals surface area contributed by atoms with Gasteiger partial charge in [-0.05, 0) is 48.9 Å². The zero-order valence-electron chi connectivity index (χ0n) is 21.9. The highest BCUT2D eigenvalue weighted by Gasteiger charge is 2.22. The lowest BCUT2D eigenvalue weighted by atomic mass is 9.99. The highest BCUT2D eigenvalue weighted by atomic mass is 19.1.